The normalized spacial score (nSPS) is 13.3. The standard InChI is InChI=1S/C20H22N6O/c27-20(21-13-5-8-15-6-2-1-3-7-15)22-17-10-4-9-16(14-17)19-23-24-25-26(19)18-11-12-18/h1-4,6-7,9-10,14,18H,5,8,11-13H2,(H2,21,22,27). The fourth-order valence-electron chi connectivity index (χ4n) is 3.00. The summed E-state index contributed by atoms with van der Waals surface area (Å²) >= 11 is 0. The van der Waals surface area contributed by atoms with Gasteiger partial charge < -0.3 is 10.6 Å². The van der Waals surface area contributed by atoms with Crippen LogP contribution in [0.3, 0.4) is 0 Å². The second-order valence-electron chi connectivity index (χ2n) is 6.73. The molecule has 2 N–H and O–H groups in total. The van der Waals surface area contributed by atoms with E-state index < -0.39 is 0 Å². The number of nitrogens with one attached hydrogen (secondary N) is 2. The van der Waals surface area contributed by atoms with Crippen LogP contribution in [0, 0.1) is 0 Å². The lowest BCUT2D eigenvalue weighted by atomic mass is 10.1. The van der Waals surface area contributed by atoms with Crippen molar-refractivity contribution in [3.8, 4) is 11.4 Å². The number of benzene rings is 2. The van der Waals surface area contributed by atoms with Gasteiger partial charge in [0.25, 0.3) is 0 Å². The first-order valence-corrected chi connectivity index (χ1v) is 9.27. The number of rotatable bonds is 7. The molecule has 2 amide bonds. The van der Waals surface area contributed by atoms with Crippen LogP contribution in [0.25, 0.3) is 11.4 Å². The van der Waals surface area contributed by atoms with E-state index in [1.54, 1.807) is 0 Å². The molecule has 4 rings (SSSR count). The van der Waals surface area contributed by atoms with Gasteiger partial charge >= 0.3 is 6.03 Å². The van der Waals surface area contributed by atoms with E-state index in [-0.39, 0.29) is 6.03 Å². The molecule has 0 saturated heterocycles. The van der Waals surface area contributed by atoms with E-state index in [2.05, 4.69) is 38.3 Å². The summed E-state index contributed by atoms with van der Waals surface area (Å²) in [6.45, 7) is 0.625. The Kier molecular flexibility index (Phi) is 5.09. The van der Waals surface area contributed by atoms with Crippen molar-refractivity contribution in [1.82, 2.24) is 25.5 Å². The summed E-state index contributed by atoms with van der Waals surface area (Å²) < 4.78 is 1.86. The first-order chi connectivity index (χ1) is 13.3. The molecule has 1 saturated carbocycles. The Morgan fingerprint density at radius 3 is 2.78 bits per heavy atom. The number of aryl methyl sites for hydroxylation is 1. The first-order valence-electron chi connectivity index (χ1n) is 9.27. The molecule has 0 radical (unpaired) electrons. The zero-order chi connectivity index (χ0) is 18.5. The highest BCUT2D eigenvalue weighted by Crippen LogP contribution is 2.36. The highest BCUT2D eigenvalue weighted by molar-refractivity contribution is 5.89. The summed E-state index contributed by atoms with van der Waals surface area (Å²) in [6.07, 6.45) is 4.07. The lowest BCUT2D eigenvalue weighted by Gasteiger charge is -2.09. The van der Waals surface area contributed by atoms with Gasteiger partial charge in [-0.05, 0) is 53.8 Å². The molecular formula is C20H22N6O. The number of hydrogen-bond donors (Lipinski definition) is 2. The highest BCUT2D eigenvalue weighted by atomic mass is 16.2. The average molecular weight is 362 g/mol. The Morgan fingerprint density at radius 1 is 1.11 bits per heavy atom. The van der Waals surface area contributed by atoms with Gasteiger partial charge in [0.1, 0.15) is 0 Å². The molecule has 0 spiro atoms. The number of nitrogens with zero attached hydrogens (tertiary/aromatic N) is 4. The van der Waals surface area contributed by atoms with Gasteiger partial charge in [-0.25, -0.2) is 9.48 Å². The summed E-state index contributed by atoms with van der Waals surface area (Å²) in [7, 11) is 0. The van der Waals surface area contributed by atoms with Gasteiger partial charge in [0.15, 0.2) is 5.82 Å². The van der Waals surface area contributed by atoms with Crippen LogP contribution in [0.4, 0.5) is 10.5 Å². The van der Waals surface area contributed by atoms with Gasteiger partial charge in [-0.2, -0.15) is 0 Å². The van der Waals surface area contributed by atoms with Gasteiger partial charge in [-0.3, -0.25) is 0 Å². The molecule has 27 heavy (non-hydrogen) atoms. The molecule has 1 aliphatic rings. The van der Waals surface area contributed by atoms with Crippen molar-refractivity contribution < 1.29 is 4.79 Å². The van der Waals surface area contributed by atoms with Gasteiger partial charge in [-0.15, -0.1) is 5.10 Å². The molecule has 138 valence electrons. The highest BCUT2D eigenvalue weighted by Gasteiger charge is 2.28. The van der Waals surface area contributed by atoms with Crippen LogP contribution in [0.5, 0.6) is 0 Å². The lowest BCUT2D eigenvalue weighted by Crippen LogP contribution is -2.29. The number of carbonyl (C=O) groups is 1. The number of hydrogen-bond acceptors (Lipinski definition) is 4. The predicted molar refractivity (Wildman–Crippen MR) is 103 cm³/mol. The van der Waals surface area contributed by atoms with E-state index in [0.717, 1.165) is 42.8 Å². The molecule has 1 fully saturated rings. The predicted octanol–water partition coefficient (Wildman–Crippen LogP) is 3.43. The third-order valence-corrected chi connectivity index (χ3v) is 4.53. The molecule has 0 unspecified atom stereocenters. The second kappa shape index (κ2) is 7.99. The minimum absolute atomic E-state index is 0.206. The molecule has 1 heterocycles. The van der Waals surface area contributed by atoms with E-state index in [1.807, 2.05) is 47.1 Å². The summed E-state index contributed by atoms with van der Waals surface area (Å²) in [4.78, 5) is 12.1. The molecular weight excluding hydrogens is 340 g/mol. The Bertz CT molecular complexity index is 904. The van der Waals surface area contributed by atoms with E-state index in [4.69, 9.17) is 0 Å². The van der Waals surface area contributed by atoms with E-state index in [0.29, 0.717) is 12.6 Å². The van der Waals surface area contributed by atoms with Crippen LogP contribution >= 0.6 is 0 Å². The molecule has 0 aliphatic heterocycles. The topological polar surface area (TPSA) is 84.7 Å². The van der Waals surface area contributed by atoms with Crippen LogP contribution in [0.1, 0.15) is 30.9 Å². The maximum Gasteiger partial charge on any atom is 0.319 e. The van der Waals surface area contributed by atoms with E-state index in [9.17, 15) is 4.79 Å². The fraction of sp³-hybridized carbons (Fsp3) is 0.300. The Labute approximate surface area is 157 Å². The number of tetrazole rings is 1. The monoisotopic (exact) mass is 362 g/mol. The smallest absolute Gasteiger partial charge is 0.319 e. The van der Waals surface area contributed by atoms with E-state index >= 15 is 0 Å². The lowest BCUT2D eigenvalue weighted by molar-refractivity contribution is 0.252. The third kappa shape index (κ3) is 4.49. The maximum atomic E-state index is 12.1. The Balaban J connectivity index is 1.30. The molecule has 2 aromatic carbocycles. The fourth-order valence-corrected chi connectivity index (χ4v) is 3.00. The van der Waals surface area contributed by atoms with Crippen molar-refractivity contribution in [2.24, 2.45) is 0 Å². The van der Waals surface area contributed by atoms with Crippen molar-refractivity contribution in [3.63, 3.8) is 0 Å². The van der Waals surface area contributed by atoms with Crippen LogP contribution in [0.2, 0.25) is 0 Å². The minimum Gasteiger partial charge on any atom is -0.338 e. The van der Waals surface area contributed by atoms with Gasteiger partial charge in [0, 0.05) is 17.8 Å². The van der Waals surface area contributed by atoms with Crippen molar-refractivity contribution in [2.45, 2.75) is 31.7 Å². The van der Waals surface area contributed by atoms with Crippen molar-refractivity contribution in [2.75, 3.05) is 11.9 Å². The molecule has 1 aliphatic carbocycles. The number of carbonyl (C=O) groups excluding carboxylic acids is 1. The maximum absolute atomic E-state index is 12.1. The molecule has 7 heteroatoms. The minimum atomic E-state index is -0.206. The number of urea groups is 1. The summed E-state index contributed by atoms with van der Waals surface area (Å²) in [5.74, 6) is 0.740. The largest absolute Gasteiger partial charge is 0.338 e. The van der Waals surface area contributed by atoms with Crippen LogP contribution in [-0.2, 0) is 6.42 Å². The van der Waals surface area contributed by atoms with Gasteiger partial charge in [-0.1, -0.05) is 42.5 Å². The van der Waals surface area contributed by atoms with Crippen LogP contribution in [0.15, 0.2) is 54.6 Å². The molecule has 1 aromatic heterocycles. The molecule has 0 bridgehead atoms. The second-order valence-corrected chi connectivity index (χ2v) is 6.73. The number of aromatic nitrogens is 4. The third-order valence-electron chi connectivity index (χ3n) is 4.53. The Hall–Kier alpha value is -3.22. The summed E-state index contributed by atoms with van der Waals surface area (Å²) in [5.41, 5.74) is 2.90. The summed E-state index contributed by atoms with van der Waals surface area (Å²) in [5, 5.41) is 17.8. The zero-order valence-electron chi connectivity index (χ0n) is 15.0. The van der Waals surface area contributed by atoms with Crippen LogP contribution in [-0.4, -0.2) is 32.8 Å². The molecule has 7 nitrogen and oxygen atoms in total. The quantitative estimate of drug-likeness (QED) is 0.631. The summed E-state index contributed by atoms with van der Waals surface area (Å²) in [6, 6.07) is 18.1. The zero-order valence-corrected chi connectivity index (χ0v) is 15.0. The van der Waals surface area contributed by atoms with Gasteiger partial charge in [0.05, 0.1) is 6.04 Å². The van der Waals surface area contributed by atoms with Crippen LogP contribution < -0.4 is 10.6 Å². The van der Waals surface area contributed by atoms with Crippen molar-refractivity contribution in [3.05, 3.63) is 60.2 Å². The van der Waals surface area contributed by atoms with Gasteiger partial charge in [0.2, 0.25) is 0 Å². The molecule has 0 atom stereocenters. The SMILES string of the molecule is O=C(NCCCc1ccccc1)Nc1cccc(-c2nnnn2C2CC2)c1. The van der Waals surface area contributed by atoms with Crippen molar-refractivity contribution in [1.29, 1.82) is 0 Å². The number of anilines is 1. The number of amides is 2. The Morgan fingerprint density at radius 2 is 1.96 bits per heavy atom. The molecule has 3 aromatic rings. The first kappa shape index (κ1) is 17.2. The van der Waals surface area contributed by atoms with Crippen molar-refractivity contribution >= 4 is 11.7 Å². The van der Waals surface area contributed by atoms with E-state index in [1.165, 1.54) is 5.56 Å². The average Bonchev–Trinajstić information content (AvgIpc) is 3.42.